The first-order valence-corrected chi connectivity index (χ1v) is 2.46. The van der Waals surface area contributed by atoms with Gasteiger partial charge >= 0.3 is 6.03 Å². The molecule has 0 radical (unpaired) electrons. The molecule has 3 N–H and O–H groups in total. The van der Waals surface area contributed by atoms with Gasteiger partial charge in [0.1, 0.15) is 6.04 Å². The van der Waals surface area contributed by atoms with Crippen LogP contribution in [0.3, 0.4) is 0 Å². The molecule has 0 aliphatic carbocycles. The molecule has 1 atom stereocenters. The van der Waals surface area contributed by atoms with E-state index in [1.165, 1.54) is 0 Å². The number of aliphatic hydroxyl groups excluding tert-OH is 1. The second-order valence-electron chi connectivity index (χ2n) is 1.70. The Morgan fingerprint density at radius 2 is 2.22 bits per heavy atom. The van der Waals surface area contributed by atoms with E-state index >= 15 is 0 Å². The normalized spacial score (nSPS) is 25.7. The van der Waals surface area contributed by atoms with Crippen molar-refractivity contribution < 1.29 is 14.7 Å². The summed E-state index contributed by atoms with van der Waals surface area (Å²) in [6, 6.07) is -1.29. The molecule has 3 amide bonds. The zero-order chi connectivity index (χ0) is 6.85. The van der Waals surface area contributed by atoms with Gasteiger partial charge in [0.2, 0.25) is 0 Å². The highest BCUT2D eigenvalue weighted by molar-refractivity contribution is 6.04. The van der Waals surface area contributed by atoms with Crippen molar-refractivity contribution in [2.45, 2.75) is 6.04 Å². The van der Waals surface area contributed by atoms with Gasteiger partial charge < -0.3 is 10.4 Å². The van der Waals surface area contributed by atoms with Gasteiger partial charge in [0.05, 0.1) is 6.61 Å². The third-order valence-corrected chi connectivity index (χ3v) is 1.04. The van der Waals surface area contributed by atoms with Crippen LogP contribution in [0.5, 0.6) is 0 Å². The van der Waals surface area contributed by atoms with E-state index in [4.69, 9.17) is 5.11 Å². The summed E-state index contributed by atoms with van der Waals surface area (Å²) in [5.74, 6) is -0.470. The number of carbonyl (C=O) groups is 2. The van der Waals surface area contributed by atoms with Gasteiger partial charge in [-0.15, -0.1) is 0 Å². The molecule has 1 aliphatic rings. The monoisotopic (exact) mass is 130 g/mol. The number of rotatable bonds is 1. The van der Waals surface area contributed by atoms with Crippen molar-refractivity contribution >= 4 is 11.9 Å². The van der Waals surface area contributed by atoms with Crippen molar-refractivity contribution in [3.8, 4) is 0 Å². The minimum absolute atomic E-state index is 0.350. The summed E-state index contributed by atoms with van der Waals surface area (Å²) in [5.41, 5.74) is 0. The molecule has 1 aliphatic heterocycles. The number of amides is 3. The minimum atomic E-state index is -0.752. The lowest BCUT2D eigenvalue weighted by atomic mass is 10.3. The largest absolute Gasteiger partial charge is 0.394 e. The van der Waals surface area contributed by atoms with Gasteiger partial charge in [-0.25, -0.2) is 4.79 Å². The fourth-order valence-corrected chi connectivity index (χ4v) is 0.587. The first-order valence-electron chi connectivity index (χ1n) is 2.46. The van der Waals surface area contributed by atoms with E-state index in [9.17, 15) is 9.59 Å². The molecule has 9 heavy (non-hydrogen) atoms. The predicted octanol–water partition coefficient (Wildman–Crippen LogP) is -1.81. The molecule has 0 aromatic rings. The molecule has 1 fully saturated rings. The summed E-state index contributed by atoms with van der Waals surface area (Å²) in [6.45, 7) is -0.350. The maximum atomic E-state index is 10.5. The Bertz CT molecular complexity index is 156. The van der Waals surface area contributed by atoms with E-state index in [0.717, 1.165) is 0 Å². The average molecular weight is 130 g/mol. The summed E-state index contributed by atoms with van der Waals surface area (Å²) >= 11 is 0. The van der Waals surface area contributed by atoms with Crippen LogP contribution in [0.25, 0.3) is 0 Å². The van der Waals surface area contributed by atoms with Crippen LogP contribution in [0.15, 0.2) is 0 Å². The molecule has 1 saturated heterocycles. The molecule has 5 nitrogen and oxygen atoms in total. The summed E-state index contributed by atoms with van der Waals surface area (Å²) in [5, 5.41) is 12.6. The van der Waals surface area contributed by atoms with Gasteiger partial charge in [-0.3, -0.25) is 10.1 Å². The number of hydrogen-bond donors (Lipinski definition) is 3. The number of aliphatic hydroxyl groups is 1. The van der Waals surface area contributed by atoms with Crippen LogP contribution in [0.4, 0.5) is 4.79 Å². The first kappa shape index (κ1) is 6.03. The Labute approximate surface area is 51.0 Å². The van der Waals surface area contributed by atoms with Crippen molar-refractivity contribution in [1.82, 2.24) is 10.6 Å². The van der Waals surface area contributed by atoms with Crippen LogP contribution in [0.1, 0.15) is 0 Å². The SMILES string of the molecule is O=C1NC(=O)C(CO)N1. The fraction of sp³-hybridized carbons (Fsp3) is 0.500. The zero-order valence-corrected chi connectivity index (χ0v) is 4.55. The highest BCUT2D eigenvalue weighted by Gasteiger charge is 2.27. The Hall–Kier alpha value is -1.10. The molecule has 50 valence electrons. The standard InChI is InChI=1S/C4H6N2O3/c7-1-2-3(8)6-4(9)5-2/h2,7H,1H2,(H2,5,6,8,9). The number of carbonyl (C=O) groups excluding carboxylic acids is 2. The summed E-state index contributed by atoms with van der Waals surface area (Å²) in [4.78, 5) is 20.7. The Morgan fingerprint density at radius 1 is 1.56 bits per heavy atom. The van der Waals surface area contributed by atoms with Crippen LogP contribution < -0.4 is 10.6 Å². The van der Waals surface area contributed by atoms with Gasteiger partial charge in [-0.05, 0) is 0 Å². The lowest BCUT2D eigenvalue weighted by molar-refractivity contribution is -0.120. The van der Waals surface area contributed by atoms with Gasteiger partial charge in [0.15, 0.2) is 0 Å². The van der Waals surface area contributed by atoms with Gasteiger partial charge in [-0.2, -0.15) is 0 Å². The second-order valence-corrected chi connectivity index (χ2v) is 1.70. The number of nitrogens with one attached hydrogen (secondary N) is 2. The Morgan fingerprint density at radius 3 is 2.44 bits per heavy atom. The van der Waals surface area contributed by atoms with Crippen LogP contribution in [0.2, 0.25) is 0 Å². The molecule has 0 saturated carbocycles. The number of urea groups is 1. The van der Waals surface area contributed by atoms with Crippen molar-refractivity contribution in [1.29, 1.82) is 0 Å². The smallest absolute Gasteiger partial charge is 0.322 e. The Kier molecular flexibility index (Phi) is 1.35. The van der Waals surface area contributed by atoms with Crippen molar-refractivity contribution in [3.05, 3.63) is 0 Å². The van der Waals surface area contributed by atoms with E-state index in [2.05, 4.69) is 5.32 Å². The number of hydrogen-bond acceptors (Lipinski definition) is 3. The van der Waals surface area contributed by atoms with Crippen LogP contribution in [-0.4, -0.2) is 29.7 Å². The maximum absolute atomic E-state index is 10.5. The van der Waals surface area contributed by atoms with E-state index in [0.29, 0.717) is 0 Å². The summed E-state index contributed by atoms with van der Waals surface area (Å²) in [7, 11) is 0. The molecule has 1 heterocycles. The fourth-order valence-electron chi connectivity index (χ4n) is 0.587. The predicted molar refractivity (Wildman–Crippen MR) is 27.5 cm³/mol. The Balaban J connectivity index is 2.58. The molecule has 0 bridgehead atoms. The third-order valence-electron chi connectivity index (χ3n) is 1.04. The van der Waals surface area contributed by atoms with Crippen LogP contribution in [-0.2, 0) is 4.79 Å². The van der Waals surface area contributed by atoms with Gasteiger partial charge in [0.25, 0.3) is 5.91 Å². The minimum Gasteiger partial charge on any atom is -0.394 e. The van der Waals surface area contributed by atoms with E-state index in [-0.39, 0.29) is 6.61 Å². The maximum Gasteiger partial charge on any atom is 0.322 e. The molecular formula is C4H6N2O3. The molecule has 0 aromatic carbocycles. The van der Waals surface area contributed by atoms with E-state index in [1.807, 2.05) is 5.32 Å². The molecule has 5 heteroatoms. The van der Waals surface area contributed by atoms with Gasteiger partial charge in [0, 0.05) is 0 Å². The van der Waals surface area contributed by atoms with Crippen molar-refractivity contribution in [3.63, 3.8) is 0 Å². The molecule has 1 rings (SSSR count). The lowest BCUT2D eigenvalue weighted by Crippen LogP contribution is -2.32. The molecule has 1 unspecified atom stereocenters. The molecular weight excluding hydrogens is 124 g/mol. The molecule has 0 aromatic heterocycles. The van der Waals surface area contributed by atoms with Crippen LogP contribution in [0, 0.1) is 0 Å². The highest BCUT2D eigenvalue weighted by atomic mass is 16.3. The average Bonchev–Trinajstić information content (AvgIpc) is 2.10. The van der Waals surface area contributed by atoms with E-state index < -0.39 is 18.0 Å². The third kappa shape index (κ3) is 0.996. The number of imide groups is 1. The zero-order valence-electron chi connectivity index (χ0n) is 4.55. The second kappa shape index (κ2) is 2.02. The van der Waals surface area contributed by atoms with Crippen molar-refractivity contribution in [2.24, 2.45) is 0 Å². The first-order chi connectivity index (χ1) is 4.24. The van der Waals surface area contributed by atoms with Gasteiger partial charge in [-0.1, -0.05) is 0 Å². The van der Waals surface area contributed by atoms with E-state index in [1.54, 1.807) is 0 Å². The topological polar surface area (TPSA) is 78.4 Å². The summed E-state index contributed by atoms with van der Waals surface area (Å²) < 4.78 is 0. The molecule has 0 spiro atoms. The quantitative estimate of drug-likeness (QED) is 0.366. The van der Waals surface area contributed by atoms with Crippen LogP contribution >= 0.6 is 0 Å². The highest BCUT2D eigenvalue weighted by Crippen LogP contribution is 1.89. The summed E-state index contributed by atoms with van der Waals surface area (Å²) in [6.07, 6.45) is 0. The lowest BCUT2D eigenvalue weighted by Gasteiger charge is -1.97. The van der Waals surface area contributed by atoms with Crippen molar-refractivity contribution in [2.75, 3.05) is 6.61 Å².